The summed E-state index contributed by atoms with van der Waals surface area (Å²) in [6, 6.07) is 6.61. The van der Waals surface area contributed by atoms with Gasteiger partial charge in [0.05, 0.1) is 9.79 Å². The molecule has 0 aromatic heterocycles. The first-order chi connectivity index (χ1) is 9.75. The molecule has 0 saturated carbocycles. The van der Waals surface area contributed by atoms with Gasteiger partial charge in [0, 0.05) is 6.07 Å². The van der Waals surface area contributed by atoms with E-state index in [2.05, 4.69) is 5.18 Å². The Morgan fingerprint density at radius 3 is 1.95 bits per heavy atom. The molecule has 0 bridgehead atoms. The van der Waals surface area contributed by atoms with Gasteiger partial charge in [-0.2, -0.15) is 0 Å². The molecule has 0 saturated heterocycles. The molecular weight excluding hydrogens is 294 g/mol. The lowest BCUT2D eigenvalue weighted by molar-refractivity contribution is 0.403. The lowest BCUT2D eigenvalue weighted by Crippen LogP contribution is -2.03. The monoisotopic (exact) mass is 307 g/mol. The third-order valence-electron chi connectivity index (χ3n) is 2.96. The molecule has 2 rings (SSSR count). The van der Waals surface area contributed by atoms with E-state index in [4.69, 9.17) is 0 Å². The van der Waals surface area contributed by atoms with Crippen molar-refractivity contribution in [3.05, 3.63) is 46.4 Å². The van der Waals surface area contributed by atoms with Crippen LogP contribution in [0, 0.1) is 18.8 Å². The van der Waals surface area contributed by atoms with Gasteiger partial charge in [0.1, 0.15) is 0 Å². The second-order valence-corrected chi connectivity index (χ2v) is 6.68. The Bertz CT molecular complexity index is 807. The van der Waals surface area contributed by atoms with Crippen molar-refractivity contribution in [2.24, 2.45) is 5.18 Å². The van der Waals surface area contributed by atoms with Gasteiger partial charge >= 0.3 is 0 Å². The van der Waals surface area contributed by atoms with Crippen LogP contribution in [0.15, 0.2) is 45.3 Å². The molecule has 2 aromatic carbocycles. The van der Waals surface area contributed by atoms with Gasteiger partial charge in [-0.25, -0.2) is 8.42 Å². The van der Waals surface area contributed by atoms with Crippen LogP contribution in [0.3, 0.4) is 0 Å². The van der Waals surface area contributed by atoms with E-state index in [0.29, 0.717) is 0 Å². The minimum Gasteiger partial charge on any atom is -0.504 e. The smallest absolute Gasteiger partial charge is 0.206 e. The molecule has 0 spiro atoms. The van der Waals surface area contributed by atoms with Crippen LogP contribution in [-0.2, 0) is 9.84 Å². The fourth-order valence-electron chi connectivity index (χ4n) is 2.03. The summed E-state index contributed by atoms with van der Waals surface area (Å²) in [5.74, 6) is -1.46. The number of aryl methyl sites for hydroxylation is 2. The van der Waals surface area contributed by atoms with E-state index in [0.717, 1.165) is 23.3 Å². The standard InChI is InChI=1S/C14H13NO5S/c1-8-3-9(2)5-10(4-8)21(19,20)11-6-12(15-18)14(17)13(16)7-11/h3-7,16-17H,1-2H3. The number of aromatic hydroxyl groups is 2. The van der Waals surface area contributed by atoms with Gasteiger partial charge in [-0.1, -0.05) is 6.07 Å². The maximum atomic E-state index is 12.5. The third-order valence-corrected chi connectivity index (χ3v) is 4.67. The van der Waals surface area contributed by atoms with Gasteiger partial charge in [0.15, 0.2) is 17.2 Å². The third kappa shape index (κ3) is 2.73. The number of nitroso groups, excluding NO2 is 1. The molecule has 0 aliphatic carbocycles. The number of hydrogen-bond donors (Lipinski definition) is 2. The number of phenolic OH excluding ortho intramolecular Hbond substituents is 2. The summed E-state index contributed by atoms with van der Waals surface area (Å²) in [5, 5.41) is 21.4. The first-order valence-corrected chi connectivity index (χ1v) is 7.46. The van der Waals surface area contributed by atoms with Crippen LogP contribution in [0.25, 0.3) is 0 Å². The number of hydrogen-bond acceptors (Lipinski definition) is 6. The number of phenols is 2. The number of nitrogens with zero attached hydrogens (tertiary/aromatic N) is 1. The van der Waals surface area contributed by atoms with E-state index < -0.39 is 27.0 Å². The Kier molecular flexibility index (Phi) is 3.69. The van der Waals surface area contributed by atoms with Gasteiger partial charge in [0.25, 0.3) is 0 Å². The maximum Gasteiger partial charge on any atom is 0.206 e. The summed E-state index contributed by atoms with van der Waals surface area (Å²) in [5.41, 5.74) is 1.01. The Hall–Kier alpha value is -2.41. The van der Waals surface area contributed by atoms with Gasteiger partial charge in [-0.05, 0) is 48.4 Å². The van der Waals surface area contributed by atoms with Crippen molar-refractivity contribution < 1.29 is 18.6 Å². The predicted octanol–water partition coefficient (Wildman–Crippen LogP) is 2.95. The van der Waals surface area contributed by atoms with E-state index >= 15 is 0 Å². The van der Waals surface area contributed by atoms with Gasteiger partial charge < -0.3 is 10.2 Å². The van der Waals surface area contributed by atoms with Crippen molar-refractivity contribution in [1.82, 2.24) is 0 Å². The molecule has 7 heteroatoms. The van der Waals surface area contributed by atoms with E-state index in [9.17, 15) is 23.5 Å². The van der Waals surface area contributed by atoms with Crippen LogP contribution in [0.1, 0.15) is 11.1 Å². The molecule has 2 aromatic rings. The Morgan fingerprint density at radius 2 is 1.43 bits per heavy atom. The number of benzene rings is 2. The molecule has 0 unspecified atom stereocenters. The van der Waals surface area contributed by atoms with E-state index in [-0.39, 0.29) is 9.79 Å². The van der Waals surface area contributed by atoms with Crippen molar-refractivity contribution in [2.75, 3.05) is 0 Å². The highest BCUT2D eigenvalue weighted by atomic mass is 32.2. The topological polar surface area (TPSA) is 104 Å². The average Bonchev–Trinajstić information content (AvgIpc) is 2.40. The van der Waals surface area contributed by atoms with Crippen LogP contribution in [0.2, 0.25) is 0 Å². The summed E-state index contributed by atoms with van der Waals surface area (Å²) in [7, 11) is -3.93. The van der Waals surface area contributed by atoms with Gasteiger partial charge in [0.2, 0.25) is 9.84 Å². The molecule has 0 fully saturated rings. The summed E-state index contributed by atoms with van der Waals surface area (Å²) < 4.78 is 25.1. The van der Waals surface area contributed by atoms with Crippen molar-refractivity contribution in [3.8, 4) is 11.5 Å². The van der Waals surface area contributed by atoms with Gasteiger partial charge in [-0.15, -0.1) is 4.91 Å². The SMILES string of the molecule is Cc1cc(C)cc(S(=O)(=O)c2cc(O)c(O)c(N=O)c2)c1. The minimum absolute atomic E-state index is 0.0435. The second-order valence-electron chi connectivity index (χ2n) is 4.73. The highest BCUT2D eigenvalue weighted by molar-refractivity contribution is 7.91. The largest absolute Gasteiger partial charge is 0.504 e. The van der Waals surface area contributed by atoms with Crippen molar-refractivity contribution in [1.29, 1.82) is 0 Å². The Morgan fingerprint density at radius 1 is 0.905 bits per heavy atom. The number of sulfone groups is 1. The van der Waals surface area contributed by atoms with Crippen LogP contribution >= 0.6 is 0 Å². The summed E-state index contributed by atoms with van der Waals surface area (Å²) in [4.78, 5) is 10.3. The molecule has 0 amide bonds. The minimum atomic E-state index is -3.93. The fourth-order valence-corrected chi connectivity index (χ4v) is 3.52. The zero-order valence-electron chi connectivity index (χ0n) is 11.4. The first-order valence-electron chi connectivity index (χ1n) is 5.98. The molecule has 0 aliphatic rings. The molecule has 0 atom stereocenters. The Labute approximate surface area is 121 Å². The fraction of sp³-hybridized carbons (Fsp3) is 0.143. The predicted molar refractivity (Wildman–Crippen MR) is 76.6 cm³/mol. The molecule has 0 radical (unpaired) electrons. The highest BCUT2D eigenvalue weighted by Crippen LogP contribution is 2.39. The highest BCUT2D eigenvalue weighted by Gasteiger charge is 2.22. The van der Waals surface area contributed by atoms with Crippen LogP contribution in [0.4, 0.5) is 5.69 Å². The molecule has 110 valence electrons. The Balaban J connectivity index is 2.69. The lowest BCUT2D eigenvalue weighted by atomic mass is 10.2. The van der Waals surface area contributed by atoms with E-state index in [1.165, 1.54) is 12.1 Å². The van der Waals surface area contributed by atoms with Gasteiger partial charge in [-0.3, -0.25) is 0 Å². The molecule has 21 heavy (non-hydrogen) atoms. The molecule has 0 heterocycles. The lowest BCUT2D eigenvalue weighted by Gasteiger charge is -2.09. The number of rotatable bonds is 3. The summed E-state index contributed by atoms with van der Waals surface area (Å²) in [6.45, 7) is 3.53. The van der Waals surface area contributed by atoms with Crippen molar-refractivity contribution in [3.63, 3.8) is 0 Å². The van der Waals surface area contributed by atoms with Crippen LogP contribution in [-0.4, -0.2) is 18.6 Å². The molecule has 6 nitrogen and oxygen atoms in total. The average molecular weight is 307 g/mol. The molecule has 0 aliphatic heterocycles. The molecular formula is C14H13NO5S. The van der Waals surface area contributed by atoms with Crippen LogP contribution in [0.5, 0.6) is 11.5 Å². The van der Waals surface area contributed by atoms with Crippen LogP contribution < -0.4 is 0 Å². The van der Waals surface area contributed by atoms with Crippen molar-refractivity contribution >= 4 is 15.5 Å². The summed E-state index contributed by atoms with van der Waals surface area (Å²) in [6.07, 6.45) is 0. The summed E-state index contributed by atoms with van der Waals surface area (Å²) >= 11 is 0. The zero-order chi connectivity index (χ0) is 15.8. The normalized spacial score (nSPS) is 11.3. The maximum absolute atomic E-state index is 12.5. The first kappa shape index (κ1) is 15.0. The quantitative estimate of drug-likeness (QED) is 0.670. The second kappa shape index (κ2) is 5.17. The van der Waals surface area contributed by atoms with Crippen molar-refractivity contribution in [2.45, 2.75) is 23.6 Å². The van der Waals surface area contributed by atoms with E-state index in [1.807, 2.05) is 6.07 Å². The zero-order valence-corrected chi connectivity index (χ0v) is 12.2. The van der Waals surface area contributed by atoms with E-state index in [1.54, 1.807) is 13.8 Å². The molecule has 2 N–H and O–H groups in total.